The Hall–Kier alpha value is -2.23. The highest BCUT2D eigenvalue weighted by atomic mass is 19.4. The molecule has 3 rings (SSSR count). The van der Waals surface area contributed by atoms with Crippen LogP contribution in [0.2, 0.25) is 0 Å². The standard InChI is InChI=1S/C25H29F3O/c1-3-4-5-18(2)19-6-8-20(9-7-19)21-10-12-22(13-11-21)23-14-16-24(17-15-23)29-25(26,27)28/h10-17,19-20H,2-9H2,1H3. The van der Waals surface area contributed by atoms with E-state index in [2.05, 4.69) is 42.5 Å². The van der Waals surface area contributed by atoms with Crippen molar-refractivity contribution in [1.82, 2.24) is 0 Å². The van der Waals surface area contributed by atoms with Gasteiger partial charge in [-0.1, -0.05) is 61.9 Å². The van der Waals surface area contributed by atoms with Gasteiger partial charge >= 0.3 is 6.36 Å². The Balaban J connectivity index is 1.57. The lowest BCUT2D eigenvalue weighted by molar-refractivity contribution is -0.274. The number of ether oxygens (including phenoxy) is 1. The van der Waals surface area contributed by atoms with E-state index in [1.807, 2.05) is 0 Å². The van der Waals surface area contributed by atoms with Crippen LogP contribution in [0.15, 0.2) is 60.7 Å². The molecule has 156 valence electrons. The van der Waals surface area contributed by atoms with Crippen molar-refractivity contribution >= 4 is 0 Å². The van der Waals surface area contributed by atoms with Crippen LogP contribution in [0.5, 0.6) is 5.75 Å². The lowest BCUT2D eigenvalue weighted by Gasteiger charge is -2.30. The summed E-state index contributed by atoms with van der Waals surface area (Å²) in [5.74, 6) is 1.06. The van der Waals surface area contributed by atoms with Crippen molar-refractivity contribution in [2.45, 2.75) is 64.1 Å². The topological polar surface area (TPSA) is 9.23 Å². The second-order valence-corrected chi connectivity index (χ2v) is 8.00. The molecule has 0 heterocycles. The molecule has 2 aromatic carbocycles. The Kier molecular flexibility index (Phi) is 7.05. The molecule has 0 radical (unpaired) electrons. The zero-order valence-electron chi connectivity index (χ0n) is 17.0. The third kappa shape index (κ3) is 6.12. The molecule has 0 aliphatic heterocycles. The van der Waals surface area contributed by atoms with Crippen LogP contribution in [0.1, 0.15) is 63.4 Å². The molecule has 0 saturated heterocycles. The van der Waals surface area contributed by atoms with E-state index in [1.54, 1.807) is 12.1 Å². The van der Waals surface area contributed by atoms with Crippen molar-refractivity contribution < 1.29 is 17.9 Å². The molecule has 0 spiro atoms. The first-order chi connectivity index (χ1) is 13.9. The Morgan fingerprint density at radius 2 is 1.48 bits per heavy atom. The van der Waals surface area contributed by atoms with Crippen LogP contribution in [-0.2, 0) is 0 Å². The number of benzene rings is 2. The fourth-order valence-electron chi connectivity index (χ4n) is 4.24. The van der Waals surface area contributed by atoms with Crippen molar-refractivity contribution in [3.05, 3.63) is 66.2 Å². The minimum absolute atomic E-state index is 0.199. The highest BCUT2D eigenvalue weighted by Gasteiger charge is 2.31. The number of allylic oxidation sites excluding steroid dienone is 1. The van der Waals surface area contributed by atoms with Crippen molar-refractivity contribution in [3.63, 3.8) is 0 Å². The second-order valence-electron chi connectivity index (χ2n) is 8.00. The third-order valence-corrected chi connectivity index (χ3v) is 5.96. The fourth-order valence-corrected chi connectivity index (χ4v) is 4.24. The number of rotatable bonds is 7. The van der Waals surface area contributed by atoms with Gasteiger partial charge in [0.1, 0.15) is 5.75 Å². The van der Waals surface area contributed by atoms with E-state index >= 15 is 0 Å². The summed E-state index contributed by atoms with van der Waals surface area (Å²) in [6.45, 7) is 6.53. The number of alkyl halides is 3. The van der Waals surface area contributed by atoms with E-state index in [4.69, 9.17) is 0 Å². The number of hydrogen-bond acceptors (Lipinski definition) is 1. The van der Waals surface area contributed by atoms with E-state index in [9.17, 15) is 13.2 Å². The highest BCUT2D eigenvalue weighted by Crippen LogP contribution is 2.39. The Morgan fingerprint density at radius 3 is 2.00 bits per heavy atom. The van der Waals surface area contributed by atoms with Crippen LogP contribution >= 0.6 is 0 Å². The second kappa shape index (κ2) is 9.51. The normalized spacial score (nSPS) is 19.7. The van der Waals surface area contributed by atoms with Gasteiger partial charge in [-0.25, -0.2) is 0 Å². The average Bonchev–Trinajstić information content (AvgIpc) is 2.72. The first kappa shape index (κ1) is 21.5. The smallest absolute Gasteiger partial charge is 0.406 e. The van der Waals surface area contributed by atoms with Gasteiger partial charge in [0.2, 0.25) is 0 Å². The Bertz CT molecular complexity index is 782. The molecule has 0 aromatic heterocycles. The zero-order chi connectivity index (χ0) is 20.9. The summed E-state index contributed by atoms with van der Waals surface area (Å²) in [6, 6.07) is 14.4. The summed E-state index contributed by atoms with van der Waals surface area (Å²) in [5.41, 5.74) is 4.65. The van der Waals surface area contributed by atoms with Gasteiger partial charge in [0.25, 0.3) is 0 Å². The lowest BCUT2D eigenvalue weighted by Crippen LogP contribution is -2.16. The summed E-state index contributed by atoms with van der Waals surface area (Å²) in [5, 5.41) is 0. The van der Waals surface area contributed by atoms with Gasteiger partial charge in [0, 0.05) is 0 Å². The molecule has 0 N–H and O–H groups in total. The van der Waals surface area contributed by atoms with E-state index < -0.39 is 6.36 Å². The average molecular weight is 403 g/mol. The first-order valence-corrected chi connectivity index (χ1v) is 10.5. The molecular formula is C25H29F3O. The molecule has 0 amide bonds. The number of unbranched alkanes of at least 4 members (excludes halogenated alkanes) is 1. The Labute approximate surface area is 171 Å². The van der Waals surface area contributed by atoms with Crippen LogP contribution in [0.3, 0.4) is 0 Å². The van der Waals surface area contributed by atoms with Crippen molar-refractivity contribution in [1.29, 1.82) is 0 Å². The molecule has 2 aromatic rings. The summed E-state index contributed by atoms with van der Waals surface area (Å²) >= 11 is 0. The first-order valence-electron chi connectivity index (χ1n) is 10.5. The van der Waals surface area contributed by atoms with E-state index in [0.29, 0.717) is 11.8 Å². The van der Waals surface area contributed by atoms with Crippen LogP contribution < -0.4 is 4.74 Å². The molecule has 1 aliphatic rings. The van der Waals surface area contributed by atoms with Gasteiger partial charge in [0.05, 0.1) is 0 Å². The van der Waals surface area contributed by atoms with Crippen LogP contribution in [-0.4, -0.2) is 6.36 Å². The van der Waals surface area contributed by atoms with Crippen LogP contribution in [0, 0.1) is 5.92 Å². The Morgan fingerprint density at radius 1 is 0.931 bits per heavy atom. The van der Waals surface area contributed by atoms with Crippen LogP contribution in [0.25, 0.3) is 11.1 Å². The van der Waals surface area contributed by atoms with Crippen molar-refractivity contribution in [2.75, 3.05) is 0 Å². The zero-order valence-corrected chi connectivity index (χ0v) is 17.0. The predicted octanol–water partition coefficient (Wildman–Crippen LogP) is 8.27. The largest absolute Gasteiger partial charge is 0.573 e. The minimum Gasteiger partial charge on any atom is -0.406 e. The molecule has 4 heteroatoms. The maximum Gasteiger partial charge on any atom is 0.573 e. The van der Waals surface area contributed by atoms with E-state index in [0.717, 1.165) is 17.5 Å². The predicted molar refractivity (Wildman–Crippen MR) is 112 cm³/mol. The third-order valence-electron chi connectivity index (χ3n) is 5.96. The molecule has 0 unspecified atom stereocenters. The van der Waals surface area contributed by atoms with Gasteiger partial charge in [0.15, 0.2) is 0 Å². The van der Waals surface area contributed by atoms with E-state index in [1.165, 1.54) is 61.8 Å². The molecular weight excluding hydrogens is 373 g/mol. The number of halogens is 3. The minimum atomic E-state index is -4.66. The number of hydrogen-bond donors (Lipinski definition) is 0. The fraction of sp³-hybridized carbons (Fsp3) is 0.440. The SMILES string of the molecule is C=C(CCCC)C1CCC(c2ccc(-c3ccc(OC(F)(F)F)cc3)cc2)CC1. The van der Waals surface area contributed by atoms with Gasteiger partial charge in [-0.05, 0) is 79.2 Å². The van der Waals surface area contributed by atoms with Crippen molar-refractivity contribution in [3.8, 4) is 16.9 Å². The van der Waals surface area contributed by atoms with Crippen molar-refractivity contribution in [2.24, 2.45) is 5.92 Å². The molecule has 1 saturated carbocycles. The summed E-state index contributed by atoms with van der Waals surface area (Å²) in [6.07, 6.45) is 3.78. The monoisotopic (exact) mass is 402 g/mol. The molecule has 29 heavy (non-hydrogen) atoms. The van der Waals surface area contributed by atoms with Gasteiger partial charge in [-0.2, -0.15) is 0 Å². The summed E-state index contributed by atoms with van der Waals surface area (Å²) in [4.78, 5) is 0. The maximum absolute atomic E-state index is 12.3. The molecule has 1 fully saturated rings. The quantitative estimate of drug-likeness (QED) is 0.423. The van der Waals surface area contributed by atoms with Crippen LogP contribution in [0.4, 0.5) is 13.2 Å². The molecule has 0 bridgehead atoms. The summed E-state index contributed by atoms with van der Waals surface area (Å²) in [7, 11) is 0. The highest BCUT2D eigenvalue weighted by molar-refractivity contribution is 5.64. The summed E-state index contributed by atoms with van der Waals surface area (Å²) < 4.78 is 40.8. The molecule has 1 aliphatic carbocycles. The molecule has 1 nitrogen and oxygen atoms in total. The van der Waals surface area contributed by atoms with E-state index in [-0.39, 0.29) is 5.75 Å². The molecule has 0 atom stereocenters. The van der Waals surface area contributed by atoms with Gasteiger partial charge < -0.3 is 4.74 Å². The maximum atomic E-state index is 12.3. The van der Waals surface area contributed by atoms with Gasteiger partial charge in [-0.3, -0.25) is 0 Å². The van der Waals surface area contributed by atoms with Gasteiger partial charge in [-0.15, -0.1) is 13.2 Å². The lowest BCUT2D eigenvalue weighted by atomic mass is 9.75.